The number of aliphatic hydroxyl groups is 1. The molecule has 0 amide bonds. The predicted octanol–water partition coefficient (Wildman–Crippen LogP) is 3.32. The third-order valence-electron chi connectivity index (χ3n) is 3.74. The van der Waals surface area contributed by atoms with Crippen LogP contribution in [-0.4, -0.2) is 11.2 Å². The summed E-state index contributed by atoms with van der Waals surface area (Å²) in [7, 11) is 0. The Morgan fingerprint density at radius 1 is 1.31 bits per heavy atom. The van der Waals surface area contributed by atoms with Crippen LogP contribution >= 0.6 is 11.6 Å². The van der Waals surface area contributed by atoms with Gasteiger partial charge in [0.1, 0.15) is 11.9 Å². The van der Waals surface area contributed by atoms with E-state index >= 15 is 0 Å². The molecule has 2 unspecified atom stereocenters. The van der Waals surface area contributed by atoms with Gasteiger partial charge in [-0.1, -0.05) is 18.0 Å². The first kappa shape index (κ1) is 10.4. The molecule has 0 aromatic heterocycles. The molecule has 0 bridgehead atoms. The van der Waals surface area contributed by atoms with E-state index in [9.17, 15) is 5.11 Å². The van der Waals surface area contributed by atoms with Crippen LogP contribution in [0.3, 0.4) is 0 Å². The van der Waals surface area contributed by atoms with Crippen LogP contribution < -0.4 is 4.74 Å². The minimum atomic E-state index is -0.423. The van der Waals surface area contributed by atoms with Crippen LogP contribution in [0.4, 0.5) is 0 Å². The lowest BCUT2D eigenvalue weighted by atomic mass is 9.78. The molecule has 3 rings (SSSR count). The van der Waals surface area contributed by atoms with E-state index in [2.05, 4.69) is 0 Å². The number of halogens is 1. The maximum atomic E-state index is 10.1. The van der Waals surface area contributed by atoms with Gasteiger partial charge in [-0.2, -0.15) is 0 Å². The monoisotopic (exact) mass is 238 g/mol. The molecule has 1 aliphatic heterocycles. The summed E-state index contributed by atoms with van der Waals surface area (Å²) in [5, 5.41) is 10.7. The van der Waals surface area contributed by atoms with Crippen LogP contribution in [0.25, 0.3) is 0 Å². The fraction of sp³-hybridized carbons (Fsp3) is 0.538. The van der Waals surface area contributed by atoms with Gasteiger partial charge >= 0.3 is 0 Å². The second-order valence-corrected chi connectivity index (χ2v) is 5.22. The summed E-state index contributed by atoms with van der Waals surface area (Å²) in [5.74, 6) is 1.44. The molecule has 0 saturated heterocycles. The molecule has 1 aromatic rings. The first-order valence-electron chi connectivity index (χ1n) is 5.88. The van der Waals surface area contributed by atoms with Crippen LogP contribution in [0, 0.1) is 5.92 Å². The molecule has 2 aliphatic rings. The molecular formula is C13H15ClO2. The second-order valence-electron chi connectivity index (χ2n) is 4.78. The Morgan fingerprint density at radius 3 is 2.81 bits per heavy atom. The number of hydrogen-bond acceptors (Lipinski definition) is 2. The Balaban J connectivity index is 1.87. The smallest absolute Gasteiger partial charge is 0.125 e. The van der Waals surface area contributed by atoms with Crippen LogP contribution in [0.15, 0.2) is 18.2 Å². The highest BCUT2D eigenvalue weighted by molar-refractivity contribution is 6.30. The average molecular weight is 239 g/mol. The molecule has 1 aliphatic carbocycles. The molecular weight excluding hydrogens is 224 g/mol. The van der Waals surface area contributed by atoms with Crippen molar-refractivity contribution >= 4 is 11.6 Å². The summed E-state index contributed by atoms with van der Waals surface area (Å²) in [4.78, 5) is 0. The maximum Gasteiger partial charge on any atom is 0.125 e. The predicted molar refractivity (Wildman–Crippen MR) is 62.8 cm³/mol. The van der Waals surface area contributed by atoms with E-state index in [4.69, 9.17) is 16.3 Å². The number of hydrogen-bond donors (Lipinski definition) is 1. The van der Waals surface area contributed by atoms with Gasteiger partial charge in [0.05, 0.1) is 6.10 Å². The molecule has 16 heavy (non-hydrogen) atoms. The molecule has 1 heterocycles. The lowest BCUT2D eigenvalue weighted by Gasteiger charge is -2.38. The fourth-order valence-electron chi connectivity index (χ4n) is 2.55. The van der Waals surface area contributed by atoms with E-state index < -0.39 is 6.10 Å². The van der Waals surface area contributed by atoms with Gasteiger partial charge in [0.25, 0.3) is 0 Å². The number of fused-ring (bicyclic) bond motifs is 1. The van der Waals surface area contributed by atoms with Crippen molar-refractivity contribution in [3.63, 3.8) is 0 Å². The van der Waals surface area contributed by atoms with Gasteiger partial charge in [0.2, 0.25) is 0 Å². The van der Waals surface area contributed by atoms with Crippen LogP contribution in [-0.2, 0) is 0 Å². The fourth-order valence-corrected chi connectivity index (χ4v) is 2.73. The Bertz CT molecular complexity index is 401. The lowest BCUT2D eigenvalue weighted by Crippen LogP contribution is -2.36. The number of ether oxygens (including phenoxy) is 1. The van der Waals surface area contributed by atoms with Crippen molar-refractivity contribution in [3.05, 3.63) is 28.8 Å². The van der Waals surface area contributed by atoms with E-state index in [0.29, 0.717) is 17.4 Å². The highest BCUT2D eigenvalue weighted by Gasteiger charge is 2.35. The van der Waals surface area contributed by atoms with Crippen molar-refractivity contribution in [1.29, 1.82) is 0 Å². The normalized spacial score (nSPS) is 29.1. The number of benzene rings is 1. The van der Waals surface area contributed by atoms with E-state index in [-0.39, 0.29) is 6.10 Å². The average Bonchev–Trinajstić information content (AvgIpc) is 2.17. The van der Waals surface area contributed by atoms with Crippen molar-refractivity contribution < 1.29 is 9.84 Å². The van der Waals surface area contributed by atoms with Crippen molar-refractivity contribution in [2.75, 3.05) is 0 Å². The Labute approximate surface area is 100 Å². The molecule has 0 radical (unpaired) electrons. The summed E-state index contributed by atoms with van der Waals surface area (Å²) in [6, 6.07) is 5.49. The van der Waals surface area contributed by atoms with E-state index in [0.717, 1.165) is 11.3 Å². The van der Waals surface area contributed by atoms with Gasteiger partial charge in [-0.05, 0) is 37.0 Å². The molecule has 2 atom stereocenters. The van der Waals surface area contributed by atoms with Crippen LogP contribution in [0.1, 0.15) is 37.4 Å². The quantitative estimate of drug-likeness (QED) is 0.813. The van der Waals surface area contributed by atoms with Crippen LogP contribution in [0.2, 0.25) is 5.02 Å². The molecule has 86 valence electrons. The SMILES string of the molecule is OC1CC(C2CCC2)Oc2ccc(Cl)cc21. The maximum absolute atomic E-state index is 10.1. The zero-order valence-corrected chi connectivity index (χ0v) is 9.78. The largest absolute Gasteiger partial charge is 0.490 e. The van der Waals surface area contributed by atoms with Gasteiger partial charge < -0.3 is 9.84 Å². The van der Waals surface area contributed by atoms with Crippen molar-refractivity contribution in [3.8, 4) is 5.75 Å². The summed E-state index contributed by atoms with van der Waals surface area (Å²) in [6.07, 6.45) is 4.25. The minimum absolute atomic E-state index is 0.192. The first-order chi connectivity index (χ1) is 7.74. The van der Waals surface area contributed by atoms with Crippen molar-refractivity contribution in [2.24, 2.45) is 5.92 Å². The summed E-state index contributed by atoms with van der Waals surface area (Å²) >= 11 is 5.91. The molecule has 2 nitrogen and oxygen atoms in total. The van der Waals surface area contributed by atoms with Gasteiger partial charge in [0, 0.05) is 17.0 Å². The molecule has 3 heteroatoms. The van der Waals surface area contributed by atoms with Crippen molar-refractivity contribution in [1.82, 2.24) is 0 Å². The van der Waals surface area contributed by atoms with Gasteiger partial charge in [0.15, 0.2) is 0 Å². The molecule has 1 N–H and O–H groups in total. The Morgan fingerprint density at radius 2 is 2.12 bits per heavy atom. The third kappa shape index (κ3) is 1.70. The topological polar surface area (TPSA) is 29.5 Å². The highest BCUT2D eigenvalue weighted by atomic mass is 35.5. The standard InChI is InChI=1S/C13H15ClO2/c14-9-4-5-12-10(6-9)11(15)7-13(16-12)8-2-1-3-8/h4-6,8,11,13,15H,1-3,7H2. The summed E-state index contributed by atoms with van der Waals surface area (Å²) in [6.45, 7) is 0. The lowest BCUT2D eigenvalue weighted by molar-refractivity contribution is 0.0106. The van der Waals surface area contributed by atoms with Gasteiger partial charge in [-0.25, -0.2) is 0 Å². The first-order valence-corrected chi connectivity index (χ1v) is 6.26. The zero-order chi connectivity index (χ0) is 11.1. The Kier molecular flexibility index (Phi) is 2.56. The summed E-state index contributed by atoms with van der Waals surface area (Å²) < 4.78 is 5.94. The second kappa shape index (κ2) is 3.94. The van der Waals surface area contributed by atoms with Gasteiger partial charge in [-0.3, -0.25) is 0 Å². The molecule has 1 aromatic carbocycles. The Hall–Kier alpha value is -0.730. The van der Waals surface area contributed by atoms with Gasteiger partial charge in [-0.15, -0.1) is 0 Å². The summed E-state index contributed by atoms with van der Waals surface area (Å²) in [5.41, 5.74) is 0.836. The molecule has 1 fully saturated rings. The zero-order valence-electron chi connectivity index (χ0n) is 9.03. The number of aliphatic hydroxyl groups excluding tert-OH is 1. The van der Waals surface area contributed by atoms with E-state index in [1.165, 1.54) is 19.3 Å². The van der Waals surface area contributed by atoms with Crippen LogP contribution in [0.5, 0.6) is 5.75 Å². The number of rotatable bonds is 1. The molecule has 1 saturated carbocycles. The molecule has 0 spiro atoms. The highest BCUT2D eigenvalue weighted by Crippen LogP contribution is 2.42. The third-order valence-corrected chi connectivity index (χ3v) is 3.98. The van der Waals surface area contributed by atoms with E-state index in [1.54, 1.807) is 6.07 Å². The van der Waals surface area contributed by atoms with Crippen molar-refractivity contribution in [2.45, 2.75) is 37.9 Å². The minimum Gasteiger partial charge on any atom is -0.490 e. The van der Waals surface area contributed by atoms with E-state index in [1.807, 2.05) is 12.1 Å².